The van der Waals surface area contributed by atoms with Gasteiger partial charge < -0.3 is 20.4 Å². The van der Waals surface area contributed by atoms with Crippen LogP contribution in [0.4, 0.5) is 5.82 Å². The van der Waals surface area contributed by atoms with Gasteiger partial charge in [-0.25, -0.2) is 9.98 Å². The first-order chi connectivity index (χ1) is 13.2. The highest BCUT2D eigenvalue weighted by Gasteiger charge is 2.18. The molecule has 1 saturated heterocycles. The molecule has 0 unspecified atom stereocenters. The van der Waals surface area contributed by atoms with E-state index >= 15 is 0 Å². The van der Waals surface area contributed by atoms with Gasteiger partial charge in [-0.3, -0.25) is 4.79 Å². The van der Waals surface area contributed by atoms with E-state index in [2.05, 4.69) is 58.4 Å². The minimum Gasteiger partial charge on any atom is -0.357 e. The van der Waals surface area contributed by atoms with Crippen LogP contribution in [0.5, 0.6) is 0 Å². The molecule has 2 rings (SSSR count). The summed E-state index contributed by atoms with van der Waals surface area (Å²) in [4.78, 5) is 25.0. The molecule has 0 bridgehead atoms. The van der Waals surface area contributed by atoms with E-state index in [1.54, 1.807) is 0 Å². The monoisotopic (exact) mass is 502 g/mol. The molecular formula is C20H35IN6O. The third-order valence-electron chi connectivity index (χ3n) is 4.73. The first kappa shape index (κ1) is 24.5. The number of rotatable bonds is 10. The van der Waals surface area contributed by atoms with E-state index in [0.717, 1.165) is 69.5 Å². The summed E-state index contributed by atoms with van der Waals surface area (Å²) >= 11 is 0. The van der Waals surface area contributed by atoms with Gasteiger partial charge in [0, 0.05) is 51.9 Å². The molecule has 1 aromatic rings. The maximum Gasteiger partial charge on any atom is 0.222 e. The molecule has 0 spiro atoms. The lowest BCUT2D eigenvalue weighted by Crippen LogP contribution is -2.39. The Labute approximate surface area is 186 Å². The zero-order valence-electron chi connectivity index (χ0n) is 17.4. The second kappa shape index (κ2) is 13.6. The van der Waals surface area contributed by atoms with Crippen LogP contribution in [0.3, 0.4) is 0 Å². The fraction of sp³-hybridized carbons (Fsp3) is 0.650. The molecule has 158 valence electrons. The largest absolute Gasteiger partial charge is 0.357 e. The summed E-state index contributed by atoms with van der Waals surface area (Å²) in [5.41, 5.74) is 1.09. The Morgan fingerprint density at radius 1 is 1.25 bits per heavy atom. The minimum atomic E-state index is 0. The smallest absolute Gasteiger partial charge is 0.222 e. The van der Waals surface area contributed by atoms with Gasteiger partial charge in [-0.05, 0) is 45.2 Å². The van der Waals surface area contributed by atoms with Crippen molar-refractivity contribution in [3.63, 3.8) is 0 Å². The molecule has 1 fully saturated rings. The number of aromatic nitrogens is 1. The molecule has 28 heavy (non-hydrogen) atoms. The zero-order chi connectivity index (χ0) is 19.5. The molecule has 1 amide bonds. The van der Waals surface area contributed by atoms with Crippen LogP contribution in [0.2, 0.25) is 0 Å². The average molecular weight is 502 g/mol. The standard InChI is InChI=1S/C20H34N6O.HI/c1-4-21-20(22-12-8-14-26-13-7-9-19(26)27)24-16-17-10-11-18(23-15-17)25(5-2)6-3;/h10-11,15H,4-9,12-14,16H2,1-3H3,(H2,21,22,24);1H. The number of anilines is 1. The van der Waals surface area contributed by atoms with Crippen molar-refractivity contribution in [3.8, 4) is 0 Å². The van der Waals surface area contributed by atoms with Crippen LogP contribution in [0.25, 0.3) is 0 Å². The van der Waals surface area contributed by atoms with Crippen LogP contribution in [0.1, 0.15) is 45.6 Å². The fourth-order valence-electron chi connectivity index (χ4n) is 3.17. The van der Waals surface area contributed by atoms with Gasteiger partial charge >= 0.3 is 0 Å². The Morgan fingerprint density at radius 3 is 2.61 bits per heavy atom. The Bertz CT molecular complexity index is 603. The second-order valence-corrected chi connectivity index (χ2v) is 6.66. The van der Waals surface area contributed by atoms with E-state index in [9.17, 15) is 4.79 Å². The quantitative estimate of drug-likeness (QED) is 0.223. The maximum atomic E-state index is 11.6. The normalized spacial score (nSPS) is 14.0. The van der Waals surface area contributed by atoms with Crippen molar-refractivity contribution < 1.29 is 4.79 Å². The molecule has 2 N–H and O–H groups in total. The lowest BCUT2D eigenvalue weighted by molar-refractivity contribution is -0.127. The number of hydrogen-bond donors (Lipinski definition) is 2. The van der Waals surface area contributed by atoms with E-state index in [-0.39, 0.29) is 29.9 Å². The summed E-state index contributed by atoms with van der Waals surface area (Å²) < 4.78 is 0. The Hall–Kier alpha value is -1.58. The molecule has 0 radical (unpaired) electrons. The van der Waals surface area contributed by atoms with Crippen molar-refractivity contribution in [1.82, 2.24) is 20.5 Å². The van der Waals surface area contributed by atoms with Gasteiger partial charge in [0.15, 0.2) is 5.96 Å². The third-order valence-corrected chi connectivity index (χ3v) is 4.73. The molecule has 1 aromatic heterocycles. The summed E-state index contributed by atoms with van der Waals surface area (Å²) in [5, 5.41) is 6.62. The van der Waals surface area contributed by atoms with Gasteiger partial charge in [-0.2, -0.15) is 0 Å². The van der Waals surface area contributed by atoms with Crippen LogP contribution in [-0.4, -0.2) is 61.0 Å². The summed E-state index contributed by atoms with van der Waals surface area (Å²) in [7, 11) is 0. The summed E-state index contributed by atoms with van der Waals surface area (Å²) in [6.45, 7) is 12.2. The zero-order valence-corrected chi connectivity index (χ0v) is 19.7. The number of carbonyl (C=O) groups excluding carboxylic acids is 1. The molecule has 7 nitrogen and oxygen atoms in total. The number of halogens is 1. The van der Waals surface area contributed by atoms with Crippen LogP contribution >= 0.6 is 24.0 Å². The van der Waals surface area contributed by atoms with Crippen molar-refractivity contribution in [1.29, 1.82) is 0 Å². The molecule has 8 heteroatoms. The SMILES string of the molecule is CCNC(=NCc1ccc(N(CC)CC)nc1)NCCCN1CCCC1=O.I. The molecule has 1 aliphatic rings. The average Bonchev–Trinajstić information content (AvgIpc) is 3.10. The summed E-state index contributed by atoms with van der Waals surface area (Å²) in [6, 6.07) is 4.15. The summed E-state index contributed by atoms with van der Waals surface area (Å²) in [5.74, 6) is 2.10. The fourth-order valence-corrected chi connectivity index (χ4v) is 3.17. The van der Waals surface area contributed by atoms with Gasteiger partial charge in [-0.1, -0.05) is 6.07 Å². The molecule has 0 aromatic carbocycles. The lowest BCUT2D eigenvalue weighted by Gasteiger charge is -2.19. The number of amides is 1. The van der Waals surface area contributed by atoms with Gasteiger partial charge in [-0.15, -0.1) is 24.0 Å². The predicted molar refractivity (Wildman–Crippen MR) is 126 cm³/mol. The number of hydrogen-bond acceptors (Lipinski definition) is 4. The van der Waals surface area contributed by atoms with E-state index in [1.807, 2.05) is 11.1 Å². The Balaban J connectivity index is 0.00000392. The third kappa shape index (κ3) is 7.81. The van der Waals surface area contributed by atoms with Crippen LogP contribution in [0, 0.1) is 0 Å². The van der Waals surface area contributed by atoms with Crippen molar-refractivity contribution in [2.75, 3.05) is 44.2 Å². The van der Waals surface area contributed by atoms with Crippen LogP contribution in [0.15, 0.2) is 23.3 Å². The first-order valence-electron chi connectivity index (χ1n) is 10.2. The molecule has 0 atom stereocenters. The molecule has 0 aliphatic carbocycles. The number of nitrogens with zero attached hydrogens (tertiary/aromatic N) is 4. The Morgan fingerprint density at radius 2 is 2.04 bits per heavy atom. The molecule has 0 saturated carbocycles. The molecule has 2 heterocycles. The van der Waals surface area contributed by atoms with Crippen molar-refractivity contribution in [2.45, 2.75) is 46.6 Å². The number of carbonyl (C=O) groups is 1. The first-order valence-corrected chi connectivity index (χ1v) is 10.2. The van der Waals surface area contributed by atoms with Crippen LogP contribution in [-0.2, 0) is 11.3 Å². The topological polar surface area (TPSA) is 72.9 Å². The lowest BCUT2D eigenvalue weighted by atomic mass is 10.3. The highest BCUT2D eigenvalue weighted by Crippen LogP contribution is 2.11. The van der Waals surface area contributed by atoms with Crippen molar-refractivity contribution in [3.05, 3.63) is 23.9 Å². The highest BCUT2D eigenvalue weighted by molar-refractivity contribution is 14.0. The molecule has 1 aliphatic heterocycles. The van der Waals surface area contributed by atoms with Crippen molar-refractivity contribution >= 4 is 41.7 Å². The number of nitrogens with one attached hydrogen (secondary N) is 2. The van der Waals surface area contributed by atoms with E-state index in [4.69, 9.17) is 0 Å². The summed E-state index contributed by atoms with van der Waals surface area (Å²) in [6.07, 6.45) is 4.53. The molecular weight excluding hydrogens is 467 g/mol. The number of aliphatic imine (C=N–C) groups is 1. The van der Waals surface area contributed by atoms with Gasteiger partial charge in [0.05, 0.1) is 6.54 Å². The van der Waals surface area contributed by atoms with Gasteiger partial charge in [0.1, 0.15) is 5.82 Å². The number of guanidine groups is 1. The highest BCUT2D eigenvalue weighted by atomic mass is 127. The predicted octanol–water partition coefficient (Wildman–Crippen LogP) is 2.61. The van der Waals surface area contributed by atoms with E-state index in [1.165, 1.54) is 0 Å². The van der Waals surface area contributed by atoms with Crippen molar-refractivity contribution in [2.24, 2.45) is 4.99 Å². The maximum absolute atomic E-state index is 11.6. The van der Waals surface area contributed by atoms with Crippen LogP contribution < -0.4 is 15.5 Å². The number of likely N-dealkylation sites (tertiary alicyclic amines) is 1. The minimum absolute atomic E-state index is 0. The van der Waals surface area contributed by atoms with E-state index < -0.39 is 0 Å². The van der Waals surface area contributed by atoms with E-state index in [0.29, 0.717) is 13.0 Å². The number of pyridine rings is 1. The van der Waals surface area contributed by atoms with Gasteiger partial charge in [0.2, 0.25) is 5.91 Å². The Kier molecular flexibility index (Phi) is 11.9. The van der Waals surface area contributed by atoms with Gasteiger partial charge in [0.25, 0.3) is 0 Å². The second-order valence-electron chi connectivity index (χ2n) is 6.66.